The van der Waals surface area contributed by atoms with Gasteiger partial charge in [0.15, 0.2) is 11.6 Å². The lowest BCUT2D eigenvalue weighted by atomic mass is 10.1. The molecule has 0 radical (unpaired) electrons. The van der Waals surface area contributed by atoms with Gasteiger partial charge in [-0.25, -0.2) is 0 Å². The van der Waals surface area contributed by atoms with Crippen molar-refractivity contribution in [2.75, 3.05) is 6.26 Å². The monoisotopic (exact) mass is 322 g/mol. The molecule has 20 heavy (non-hydrogen) atoms. The number of thiophene rings is 1. The Morgan fingerprint density at radius 3 is 2.45 bits per heavy atom. The van der Waals surface area contributed by atoms with Gasteiger partial charge < -0.3 is 0 Å². The molecule has 0 unspecified atom stereocenters. The number of thioether (sulfide) groups is 1. The van der Waals surface area contributed by atoms with Crippen LogP contribution in [0, 0.1) is 0 Å². The van der Waals surface area contributed by atoms with Gasteiger partial charge in [-0.1, -0.05) is 17.7 Å². The third-order valence-corrected chi connectivity index (χ3v) is 4.46. The van der Waals surface area contributed by atoms with Crippen LogP contribution < -0.4 is 0 Å². The highest BCUT2D eigenvalue weighted by atomic mass is 35.5. The molecule has 0 saturated carbocycles. The zero-order valence-electron chi connectivity index (χ0n) is 10.6. The van der Waals surface area contributed by atoms with E-state index in [1.54, 1.807) is 36.6 Å². The summed E-state index contributed by atoms with van der Waals surface area (Å²) < 4.78 is 0. The Kier molecular flexibility index (Phi) is 5.17. The molecule has 102 valence electrons. The van der Waals surface area contributed by atoms with Crippen molar-refractivity contribution in [3.05, 3.63) is 68.2 Å². The van der Waals surface area contributed by atoms with E-state index in [1.807, 2.05) is 11.4 Å². The second-order valence-corrected chi connectivity index (χ2v) is 6.12. The zero-order chi connectivity index (χ0) is 14.5. The van der Waals surface area contributed by atoms with E-state index in [2.05, 4.69) is 0 Å². The van der Waals surface area contributed by atoms with E-state index < -0.39 is 0 Å². The Morgan fingerprint density at radius 1 is 1.20 bits per heavy atom. The van der Waals surface area contributed by atoms with Crippen LogP contribution >= 0.6 is 34.7 Å². The first-order valence-electron chi connectivity index (χ1n) is 5.75. The summed E-state index contributed by atoms with van der Waals surface area (Å²) >= 11 is 8.42. The van der Waals surface area contributed by atoms with Crippen LogP contribution in [0.3, 0.4) is 0 Å². The van der Waals surface area contributed by atoms with Gasteiger partial charge >= 0.3 is 0 Å². The first-order chi connectivity index (χ1) is 9.61. The Hall–Kier alpha value is -1.36. The minimum atomic E-state index is -0.168. The van der Waals surface area contributed by atoms with Crippen LogP contribution in [-0.4, -0.2) is 17.8 Å². The van der Waals surface area contributed by atoms with Crippen molar-refractivity contribution >= 4 is 46.3 Å². The molecule has 0 fully saturated rings. The van der Waals surface area contributed by atoms with Crippen molar-refractivity contribution in [2.45, 2.75) is 0 Å². The standard InChI is InChI=1S/C15H11ClO2S2/c1-19-14(9-12(17)13-3-2-8-20-13)15(18)10-4-6-11(16)7-5-10/h2-9H,1H3/b14-9-. The third kappa shape index (κ3) is 3.60. The van der Waals surface area contributed by atoms with Crippen LogP contribution in [0.4, 0.5) is 0 Å². The summed E-state index contributed by atoms with van der Waals surface area (Å²) in [6.07, 6.45) is 3.18. The van der Waals surface area contributed by atoms with Crippen molar-refractivity contribution in [1.82, 2.24) is 0 Å². The first kappa shape index (κ1) is 15.0. The van der Waals surface area contributed by atoms with Gasteiger partial charge in [-0.15, -0.1) is 23.1 Å². The van der Waals surface area contributed by atoms with E-state index >= 15 is 0 Å². The number of carbonyl (C=O) groups excluding carboxylic acids is 2. The molecule has 0 aliphatic rings. The summed E-state index contributed by atoms with van der Waals surface area (Å²) in [5.41, 5.74) is 0.522. The molecule has 0 aliphatic carbocycles. The van der Waals surface area contributed by atoms with Crippen LogP contribution in [0.2, 0.25) is 5.02 Å². The fraction of sp³-hybridized carbons (Fsp3) is 0.0667. The van der Waals surface area contributed by atoms with Gasteiger partial charge in [0.2, 0.25) is 0 Å². The Balaban J connectivity index is 2.25. The summed E-state index contributed by atoms with van der Waals surface area (Å²) in [5.74, 6) is -0.314. The molecule has 2 rings (SSSR count). The first-order valence-corrected chi connectivity index (χ1v) is 8.24. The number of hydrogen-bond donors (Lipinski definition) is 0. The average molecular weight is 323 g/mol. The molecule has 0 aliphatic heterocycles. The molecular formula is C15H11ClO2S2. The summed E-state index contributed by atoms with van der Waals surface area (Å²) in [6, 6.07) is 10.2. The van der Waals surface area contributed by atoms with Crippen molar-refractivity contribution in [3.8, 4) is 0 Å². The van der Waals surface area contributed by atoms with Gasteiger partial charge in [-0.3, -0.25) is 9.59 Å². The molecule has 0 bridgehead atoms. The lowest BCUT2D eigenvalue weighted by Crippen LogP contribution is -2.03. The molecule has 0 spiro atoms. The zero-order valence-corrected chi connectivity index (χ0v) is 13.0. The molecule has 1 heterocycles. The number of ketones is 2. The highest BCUT2D eigenvalue weighted by Crippen LogP contribution is 2.21. The van der Waals surface area contributed by atoms with Crippen LogP contribution in [0.15, 0.2) is 52.8 Å². The molecule has 2 nitrogen and oxygen atoms in total. The third-order valence-electron chi connectivity index (χ3n) is 2.58. The number of hydrogen-bond acceptors (Lipinski definition) is 4. The Bertz CT molecular complexity index is 643. The number of benzene rings is 1. The molecule has 0 saturated heterocycles. The van der Waals surface area contributed by atoms with Gasteiger partial charge in [0.1, 0.15) is 0 Å². The maximum atomic E-state index is 12.3. The van der Waals surface area contributed by atoms with Crippen LogP contribution in [0.5, 0.6) is 0 Å². The number of halogens is 1. The van der Waals surface area contributed by atoms with Crippen molar-refractivity contribution in [1.29, 1.82) is 0 Å². The minimum Gasteiger partial charge on any atom is -0.288 e. The fourth-order valence-electron chi connectivity index (χ4n) is 1.57. The van der Waals surface area contributed by atoms with Gasteiger partial charge in [0.25, 0.3) is 0 Å². The quantitative estimate of drug-likeness (QED) is 0.590. The van der Waals surface area contributed by atoms with Crippen LogP contribution in [0.25, 0.3) is 0 Å². The molecule has 0 amide bonds. The van der Waals surface area contributed by atoms with Crippen molar-refractivity contribution in [2.24, 2.45) is 0 Å². The van der Waals surface area contributed by atoms with Crippen molar-refractivity contribution < 1.29 is 9.59 Å². The van der Waals surface area contributed by atoms with E-state index in [0.717, 1.165) is 0 Å². The highest BCUT2D eigenvalue weighted by Gasteiger charge is 2.14. The predicted molar refractivity (Wildman–Crippen MR) is 86.0 cm³/mol. The van der Waals surface area contributed by atoms with Gasteiger partial charge in [0, 0.05) is 16.7 Å². The molecule has 0 atom stereocenters. The number of rotatable bonds is 5. The molecule has 1 aromatic carbocycles. The van der Waals surface area contributed by atoms with Gasteiger partial charge in [0.05, 0.1) is 9.78 Å². The van der Waals surface area contributed by atoms with Crippen LogP contribution in [0.1, 0.15) is 20.0 Å². The lowest BCUT2D eigenvalue weighted by molar-refractivity contribution is 0.102. The number of carbonyl (C=O) groups is 2. The summed E-state index contributed by atoms with van der Waals surface area (Å²) in [4.78, 5) is 25.4. The van der Waals surface area contributed by atoms with E-state index in [-0.39, 0.29) is 11.6 Å². The number of Topliss-reactive ketones (excluding diaryl/α,β-unsaturated/α-hetero) is 1. The Morgan fingerprint density at radius 2 is 1.90 bits per heavy atom. The Labute approximate surface area is 130 Å². The topological polar surface area (TPSA) is 34.1 Å². The number of allylic oxidation sites excluding steroid dienone is 2. The minimum absolute atomic E-state index is 0.147. The molecule has 5 heteroatoms. The summed E-state index contributed by atoms with van der Waals surface area (Å²) in [6.45, 7) is 0. The van der Waals surface area contributed by atoms with E-state index in [0.29, 0.717) is 20.4 Å². The molecule has 2 aromatic rings. The fourth-order valence-corrected chi connectivity index (χ4v) is 2.86. The maximum absolute atomic E-state index is 12.3. The molecule has 0 N–H and O–H groups in total. The lowest BCUT2D eigenvalue weighted by Gasteiger charge is -2.03. The molecule has 1 aromatic heterocycles. The van der Waals surface area contributed by atoms with Gasteiger partial charge in [-0.05, 0) is 42.0 Å². The van der Waals surface area contributed by atoms with Crippen molar-refractivity contribution in [3.63, 3.8) is 0 Å². The van der Waals surface area contributed by atoms with Gasteiger partial charge in [-0.2, -0.15) is 0 Å². The van der Waals surface area contributed by atoms with Crippen LogP contribution in [-0.2, 0) is 0 Å². The maximum Gasteiger partial charge on any atom is 0.199 e. The summed E-state index contributed by atoms with van der Waals surface area (Å²) in [5, 5.41) is 2.41. The largest absolute Gasteiger partial charge is 0.288 e. The highest BCUT2D eigenvalue weighted by molar-refractivity contribution is 8.03. The van der Waals surface area contributed by atoms with E-state index in [1.165, 1.54) is 29.2 Å². The van der Waals surface area contributed by atoms with E-state index in [4.69, 9.17) is 11.6 Å². The molecular weight excluding hydrogens is 312 g/mol. The second-order valence-electron chi connectivity index (χ2n) is 3.89. The smallest absolute Gasteiger partial charge is 0.199 e. The average Bonchev–Trinajstić information content (AvgIpc) is 2.99. The normalized spacial score (nSPS) is 11.4. The predicted octanol–water partition coefficient (Wildman–Crippen LogP) is 4.71. The second kappa shape index (κ2) is 6.88. The summed E-state index contributed by atoms with van der Waals surface area (Å²) in [7, 11) is 0. The SMILES string of the molecule is CS/C(=C\C(=O)c1cccs1)C(=O)c1ccc(Cl)cc1. The van der Waals surface area contributed by atoms with E-state index in [9.17, 15) is 9.59 Å².